The van der Waals surface area contributed by atoms with Crippen molar-refractivity contribution in [1.82, 2.24) is 10.6 Å². The third-order valence-corrected chi connectivity index (χ3v) is 9.37. The normalized spacial score (nSPS) is 13.5. The summed E-state index contributed by atoms with van der Waals surface area (Å²) in [6.07, 6.45) is 0. The van der Waals surface area contributed by atoms with Gasteiger partial charge in [-0.05, 0) is 23.6 Å². The van der Waals surface area contributed by atoms with Crippen LogP contribution in [0.1, 0.15) is 43.0 Å². The summed E-state index contributed by atoms with van der Waals surface area (Å²) in [4.78, 5) is 25.1. The van der Waals surface area contributed by atoms with E-state index in [1.54, 1.807) is 10.8 Å². The summed E-state index contributed by atoms with van der Waals surface area (Å²) in [6.45, 7) is 8.48. The van der Waals surface area contributed by atoms with E-state index in [4.69, 9.17) is 11.5 Å². The average Bonchev–Trinajstić information content (AvgIpc) is 2.89. The molecule has 0 unspecified atom stereocenters. The average molecular weight is 551 g/mol. The first-order valence-corrected chi connectivity index (χ1v) is 14.9. The quantitative estimate of drug-likeness (QED) is 0.197. The Morgan fingerprint density at radius 2 is 1.34 bits per heavy atom. The van der Waals surface area contributed by atoms with Crippen LogP contribution in [0.3, 0.4) is 0 Å². The van der Waals surface area contributed by atoms with Crippen LogP contribution in [0.5, 0.6) is 0 Å². The highest BCUT2D eigenvalue weighted by Crippen LogP contribution is 2.37. The van der Waals surface area contributed by atoms with Crippen molar-refractivity contribution in [2.75, 3.05) is 12.3 Å². The van der Waals surface area contributed by atoms with Crippen LogP contribution in [0.15, 0.2) is 84.9 Å². The highest BCUT2D eigenvalue weighted by atomic mass is 33.1. The summed E-state index contributed by atoms with van der Waals surface area (Å²) in [5, 5.41) is 6.39. The summed E-state index contributed by atoms with van der Waals surface area (Å²) in [6, 6.07) is 26.9. The van der Waals surface area contributed by atoms with Crippen LogP contribution in [0, 0.1) is 6.92 Å². The van der Waals surface area contributed by atoms with Crippen molar-refractivity contribution >= 4 is 33.4 Å². The first kappa shape index (κ1) is 29.8. The third-order valence-electron chi connectivity index (χ3n) is 6.03. The lowest BCUT2D eigenvalue weighted by Crippen LogP contribution is -2.56. The third kappa shape index (κ3) is 7.86. The molecule has 0 aliphatic heterocycles. The highest BCUT2D eigenvalue weighted by Gasteiger charge is 2.37. The largest absolute Gasteiger partial charge is 0.368 e. The molecule has 38 heavy (non-hydrogen) atoms. The Balaban J connectivity index is 1.87. The Morgan fingerprint density at radius 1 is 0.842 bits per heavy atom. The van der Waals surface area contributed by atoms with Gasteiger partial charge < -0.3 is 16.8 Å². The van der Waals surface area contributed by atoms with Gasteiger partial charge in [-0.3, -0.25) is 14.9 Å². The van der Waals surface area contributed by atoms with E-state index >= 15 is 0 Å². The van der Waals surface area contributed by atoms with Crippen LogP contribution in [-0.4, -0.2) is 40.9 Å². The molecule has 8 heteroatoms. The Hall–Kier alpha value is -2.78. The molecule has 2 atom stereocenters. The lowest BCUT2D eigenvalue weighted by molar-refractivity contribution is -0.127. The molecule has 0 radical (unpaired) electrons. The second-order valence-electron chi connectivity index (χ2n) is 10.3. The van der Waals surface area contributed by atoms with Crippen molar-refractivity contribution in [3.63, 3.8) is 0 Å². The predicted octanol–water partition coefficient (Wildman–Crippen LogP) is 4.35. The molecule has 3 aromatic rings. The van der Waals surface area contributed by atoms with Crippen molar-refractivity contribution < 1.29 is 9.59 Å². The standard InChI is InChI=1S/C30H38N4O2S2/c1-21-15-17-24(18-16-21)30(22-11-7-5-8-12-22,23-13-9-6-10-14-23)33-19-25(31)28(36)34-26(27(32)35)20-37-38-29(2,3)4/h5-18,25-26,33H,19-20,31H2,1-4H3,(H2,32,35)(H,34,36)/t25-,26-/m0/s1. The molecule has 0 spiro atoms. The lowest BCUT2D eigenvalue weighted by atomic mass is 9.76. The van der Waals surface area contributed by atoms with Gasteiger partial charge in [-0.15, -0.1) is 0 Å². The van der Waals surface area contributed by atoms with Crippen molar-refractivity contribution in [3.05, 3.63) is 107 Å². The van der Waals surface area contributed by atoms with Gasteiger partial charge in [-0.25, -0.2) is 0 Å². The zero-order valence-corrected chi connectivity index (χ0v) is 24.1. The first-order valence-electron chi connectivity index (χ1n) is 12.6. The summed E-state index contributed by atoms with van der Waals surface area (Å²) in [5.41, 5.74) is 15.4. The molecule has 0 saturated heterocycles. The predicted molar refractivity (Wildman–Crippen MR) is 161 cm³/mol. The Kier molecular flexibility index (Phi) is 10.4. The van der Waals surface area contributed by atoms with Gasteiger partial charge in [0.15, 0.2) is 0 Å². The summed E-state index contributed by atoms with van der Waals surface area (Å²) in [7, 11) is 3.14. The van der Waals surface area contributed by atoms with Crippen LogP contribution in [-0.2, 0) is 15.1 Å². The van der Waals surface area contributed by atoms with Gasteiger partial charge >= 0.3 is 0 Å². The number of amides is 2. The molecular weight excluding hydrogens is 512 g/mol. The number of carbonyl (C=O) groups is 2. The molecule has 3 aromatic carbocycles. The molecule has 0 bridgehead atoms. The summed E-state index contributed by atoms with van der Waals surface area (Å²) >= 11 is 0. The topological polar surface area (TPSA) is 110 Å². The lowest BCUT2D eigenvalue weighted by Gasteiger charge is -2.38. The van der Waals surface area contributed by atoms with Crippen molar-refractivity contribution in [2.24, 2.45) is 11.5 Å². The minimum absolute atomic E-state index is 0.0192. The molecule has 202 valence electrons. The molecule has 6 nitrogen and oxygen atoms in total. The van der Waals surface area contributed by atoms with E-state index in [-0.39, 0.29) is 11.3 Å². The smallest absolute Gasteiger partial charge is 0.240 e. The number of carbonyl (C=O) groups excluding carboxylic acids is 2. The monoisotopic (exact) mass is 550 g/mol. The number of hydrogen-bond acceptors (Lipinski definition) is 6. The first-order chi connectivity index (χ1) is 18.0. The van der Waals surface area contributed by atoms with Gasteiger partial charge in [-0.2, -0.15) is 0 Å². The minimum Gasteiger partial charge on any atom is -0.368 e. The molecule has 0 aromatic heterocycles. The van der Waals surface area contributed by atoms with E-state index in [0.717, 1.165) is 22.3 Å². The van der Waals surface area contributed by atoms with Gasteiger partial charge in [0.05, 0.1) is 11.6 Å². The number of nitrogens with two attached hydrogens (primary N) is 2. The minimum atomic E-state index is -0.908. The van der Waals surface area contributed by atoms with Gasteiger partial charge in [0.2, 0.25) is 11.8 Å². The van der Waals surface area contributed by atoms with Crippen LogP contribution < -0.4 is 22.1 Å². The van der Waals surface area contributed by atoms with Crippen molar-refractivity contribution in [3.8, 4) is 0 Å². The second kappa shape index (κ2) is 13.3. The van der Waals surface area contributed by atoms with Crippen LogP contribution in [0.2, 0.25) is 0 Å². The fourth-order valence-corrected chi connectivity index (χ4v) is 6.57. The Bertz CT molecular complexity index is 1140. The van der Waals surface area contributed by atoms with Crippen LogP contribution in [0.25, 0.3) is 0 Å². The maximum atomic E-state index is 13.1. The fraction of sp³-hybridized carbons (Fsp3) is 0.333. The van der Waals surface area contributed by atoms with Gasteiger partial charge in [0.25, 0.3) is 0 Å². The van der Waals surface area contributed by atoms with E-state index < -0.39 is 29.4 Å². The van der Waals surface area contributed by atoms with Gasteiger partial charge in [0, 0.05) is 17.0 Å². The molecule has 2 amide bonds. The zero-order valence-electron chi connectivity index (χ0n) is 22.4. The molecular formula is C30H38N4O2S2. The van der Waals surface area contributed by atoms with Crippen molar-refractivity contribution in [2.45, 2.75) is 50.1 Å². The maximum absolute atomic E-state index is 13.1. The molecule has 0 heterocycles. The van der Waals surface area contributed by atoms with E-state index in [2.05, 4.69) is 86.9 Å². The Labute approximate surface area is 234 Å². The summed E-state index contributed by atoms with van der Waals surface area (Å²) in [5.74, 6) is -0.644. The number of rotatable bonds is 12. The SMILES string of the molecule is Cc1ccc(C(NC[C@H](N)C(=O)N[C@@H](CSSC(C)(C)C)C(N)=O)(c2ccccc2)c2ccccc2)cc1. The van der Waals surface area contributed by atoms with Crippen LogP contribution >= 0.6 is 21.6 Å². The highest BCUT2D eigenvalue weighted by molar-refractivity contribution is 8.77. The number of hydrogen-bond donors (Lipinski definition) is 4. The van der Waals surface area contributed by atoms with E-state index in [9.17, 15) is 9.59 Å². The number of nitrogens with one attached hydrogen (secondary N) is 2. The number of primary amides is 1. The fourth-order valence-electron chi connectivity index (χ4n) is 4.09. The van der Waals surface area contributed by atoms with Gasteiger partial charge in [-0.1, -0.05) is 133 Å². The van der Waals surface area contributed by atoms with Gasteiger partial charge in [0.1, 0.15) is 6.04 Å². The second-order valence-corrected chi connectivity index (χ2v) is 13.4. The zero-order chi connectivity index (χ0) is 27.8. The van der Waals surface area contributed by atoms with E-state index in [1.165, 1.54) is 10.8 Å². The molecule has 6 N–H and O–H groups in total. The van der Waals surface area contributed by atoms with E-state index in [1.807, 2.05) is 36.4 Å². The molecule has 0 aliphatic rings. The maximum Gasteiger partial charge on any atom is 0.240 e. The molecule has 0 aliphatic carbocycles. The van der Waals surface area contributed by atoms with Crippen LogP contribution in [0.4, 0.5) is 0 Å². The molecule has 3 rings (SSSR count). The van der Waals surface area contributed by atoms with E-state index in [0.29, 0.717) is 5.75 Å². The Morgan fingerprint density at radius 3 is 1.82 bits per heavy atom. The van der Waals surface area contributed by atoms with Crippen molar-refractivity contribution in [1.29, 1.82) is 0 Å². The number of aryl methyl sites for hydroxylation is 1. The summed E-state index contributed by atoms with van der Waals surface area (Å²) < 4.78 is 0.0192. The number of benzene rings is 3. The molecule has 0 fully saturated rings. The molecule has 0 saturated carbocycles.